The number of halogens is 2. The molecular formula is C28H35F2N5O4S. The van der Waals surface area contributed by atoms with Gasteiger partial charge in [0.25, 0.3) is 15.9 Å². The highest BCUT2D eigenvalue weighted by Crippen LogP contribution is 2.54. The number of nitrogens with zero attached hydrogens (tertiary/aromatic N) is 4. The van der Waals surface area contributed by atoms with Crippen LogP contribution in [0, 0.1) is 0 Å². The van der Waals surface area contributed by atoms with Crippen LogP contribution in [-0.2, 0) is 20.2 Å². The lowest BCUT2D eigenvalue weighted by atomic mass is 9.78. The van der Waals surface area contributed by atoms with Crippen LogP contribution in [-0.4, -0.2) is 64.0 Å². The summed E-state index contributed by atoms with van der Waals surface area (Å²) in [5.74, 6) is -2.78. The average Bonchev–Trinajstić information content (AvgIpc) is 3.42. The zero-order valence-corrected chi connectivity index (χ0v) is 24.0. The van der Waals surface area contributed by atoms with Crippen molar-refractivity contribution in [3.8, 4) is 0 Å². The number of benzene rings is 1. The predicted octanol–water partition coefficient (Wildman–Crippen LogP) is 5.56. The van der Waals surface area contributed by atoms with Crippen LogP contribution in [0.5, 0.6) is 0 Å². The number of hydrogen-bond acceptors (Lipinski definition) is 7. The first-order valence-corrected chi connectivity index (χ1v) is 15.0. The number of carbonyl (C=O) groups is 1. The SMILES string of the molecule is CC(C)(C)OC(=O)N1CCCC(Nc2ncnc3c2c(C2(C)CCCC2(F)F)cn3S(=O)(=O)c2ccccc2)C1. The Morgan fingerprint density at radius 1 is 1.12 bits per heavy atom. The molecule has 1 N–H and O–H groups in total. The highest BCUT2D eigenvalue weighted by molar-refractivity contribution is 7.90. The molecule has 1 amide bonds. The van der Waals surface area contributed by atoms with Crippen molar-refractivity contribution in [3.05, 3.63) is 48.4 Å². The fourth-order valence-corrected chi connectivity index (χ4v) is 7.02. The summed E-state index contributed by atoms with van der Waals surface area (Å²) in [5.41, 5.74) is -2.04. The summed E-state index contributed by atoms with van der Waals surface area (Å²) in [4.78, 5) is 23.0. The van der Waals surface area contributed by atoms with Gasteiger partial charge in [0.1, 0.15) is 17.7 Å². The van der Waals surface area contributed by atoms with Gasteiger partial charge in [-0.15, -0.1) is 0 Å². The van der Waals surface area contributed by atoms with Gasteiger partial charge in [-0.3, -0.25) is 0 Å². The molecule has 3 aromatic rings. The summed E-state index contributed by atoms with van der Waals surface area (Å²) in [7, 11) is -4.14. The summed E-state index contributed by atoms with van der Waals surface area (Å²) in [6.07, 6.45) is 3.72. The number of piperidine rings is 1. The largest absolute Gasteiger partial charge is 0.444 e. The Hall–Kier alpha value is -3.28. The van der Waals surface area contributed by atoms with Gasteiger partial charge < -0.3 is 15.0 Å². The molecule has 0 spiro atoms. The standard InChI is InChI=1S/C28H35F2N5O4S/c1-26(2,3)39-25(36)34-15-8-10-19(16-34)33-23-22-21(27(4)13-9-14-28(27,29)30)17-35(24(22)32-18-31-23)40(37,38)20-11-6-5-7-12-20/h5-7,11-12,17-19H,8-10,13-16H2,1-4H3,(H,31,32,33). The molecule has 2 unspecified atom stereocenters. The summed E-state index contributed by atoms with van der Waals surface area (Å²) in [6.45, 7) is 7.75. The molecule has 2 atom stereocenters. The molecule has 2 aromatic heterocycles. The second-order valence-electron chi connectivity index (χ2n) is 11.9. The van der Waals surface area contributed by atoms with Gasteiger partial charge in [-0.05, 0) is 71.1 Å². The molecule has 216 valence electrons. The number of likely N-dealkylation sites (tertiary alicyclic amines) is 1. The first-order valence-electron chi connectivity index (χ1n) is 13.5. The number of amides is 1. The molecule has 12 heteroatoms. The van der Waals surface area contributed by atoms with E-state index in [0.717, 1.165) is 3.97 Å². The first kappa shape index (κ1) is 28.3. The average molecular weight is 576 g/mol. The van der Waals surface area contributed by atoms with Crippen LogP contribution in [0.2, 0.25) is 0 Å². The Morgan fingerprint density at radius 2 is 1.85 bits per heavy atom. The van der Waals surface area contributed by atoms with Gasteiger partial charge in [0.05, 0.1) is 15.7 Å². The summed E-state index contributed by atoms with van der Waals surface area (Å²) < 4.78 is 64.8. The maximum atomic E-state index is 15.4. The maximum absolute atomic E-state index is 15.4. The zero-order chi connectivity index (χ0) is 28.9. The number of anilines is 1. The quantitative estimate of drug-likeness (QED) is 0.425. The molecule has 9 nitrogen and oxygen atoms in total. The van der Waals surface area contributed by atoms with Gasteiger partial charge in [-0.25, -0.2) is 35.9 Å². The molecule has 5 rings (SSSR count). The van der Waals surface area contributed by atoms with E-state index in [1.807, 2.05) is 0 Å². The number of alkyl halides is 2. The molecule has 3 heterocycles. The maximum Gasteiger partial charge on any atom is 0.410 e. The lowest BCUT2D eigenvalue weighted by Crippen LogP contribution is -2.47. The molecule has 1 aliphatic heterocycles. The smallest absolute Gasteiger partial charge is 0.410 e. The van der Waals surface area contributed by atoms with E-state index in [1.165, 1.54) is 31.6 Å². The van der Waals surface area contributed by atoms with Crippen LogP contribution in [0.1, 0.15) is 65.4 Å². The molecular weight excluding hydrogens is 540 g/mol. The van der Waals surface area contributed by atoms with E-state index >= 15 is 8.78 Å². The van der Waals surface area contributed by atoms with Crippen LogP contribution in [0.15, 0.2) is 47.8 Å². The van der Waals surface area contributed by atoms with Crippen molar-refractivity contribution in [2.24, 2.45) is 0 Å². The number of aromatic nitrogens is 3. The lowest BCUT2D eigenvalue weighted by Gasteiger charge is -2.35. The number of fused-ring (bicyclic) bond motifs is 1. The van der Waals surface area contributed by atoms with E-state index in [0.29, 0.717) is 32.4 Å². The summed E-state index contributed by atoms with van der Waals surface area (Å²) >= 11 is 0. The van der Waals surface area contributed by atoms with Crippen molar-refractivity contribution >= 4 is 33.0 Å². The van der Waals surface area contributed by atoms with Crippen molar-refractivity contribution in [1.82, 2.24) is 18.8 Å². The second kappa shape index (κ2) is 9.97. The van der Waals surface area contributed by atoms with Crippen LogP contribution >= 0.6 is 0 Å². The molecule has 1 saturated heterocycles. The Morgan fingerprint density at radius 3 is 2.50 bits per heavy atom. The van der Waals surface area contributed by atoms with Crippen molar-refractivity contribution in [1.29, 1.82) is 0 Å². The molecule has 1 saturated carbocycles. The molecule has 0 radical (unpaired) electrons. The number of carbonyl (C=O) groups excluding carboxylic acids is 1. The van der Waals surface area contributed by atoms with Crippen molar-refractivity contribution < 1.29 is 26.7 Å². The van der Waals surface area contributed by atoms with E-state index < -0.39 is 33.1 Å². The highest BCUT2D eigenvalue weighted by Gasteiger charge is 2.56. The minimum absolute atomic E-state index is 0.0233. The third-order valence-electron chi connectivity index (χ3n) is 7.83. The second-order valence-corrected chi connectivity index (χ2v) is 13.7. The van der Waals surface area contributed by atoms with Gasteiger partial charge >= 0.3 is 6.09 Å². The molecule has 40 heavy (non-hydrogen) atoms. The molecule has 2 aliphatic rings. The van der Waals surface area contributed by atoms with Crippen LogP contribution in [0.25, 0.3) is 11.0 Å². The normalized spacial score (nSPS) is 23.4. The number of ether oxygens (including phenoxy) is 1. The van der Waals surface area contributed by atoms with Gasteiger partial charge in [-0.1, -0.05) is 18.2 Å². The predicted molar refractivity (Wildman–Crippen MR) is 147 cm³/mol. The van der Waals surface area contributed by atoms with E-state index in [-0.39, 0.29) is 46.2 Å². The van der Waals surface area contributed by atoms with E-state index in [2.05, 4.69) is 15.3 Å². The fraction of sp³-hybridized carbons (Fsp3) is 0.536. The minimum Gasteiger partial charge on any atom is -0.444 e. The molecule has 1 aromatic carbocycles. The van der Waals surface area contributed by atoms with E-state index in [9.17, 15) is 13.2 Å². The van der Waals surface area contributed by atoms with Gasteiger partial charge in [0.2, 0.25) is 0 Å². The molecule has 2 fully saturated rings. The van der Waals surface area contributed by atoms with E-state index in [1.54, 1.807) is 43.9 Å². The Kier molecular flexibility index (Phi) is 7.04. The molecule has 1 aliphatic carbocycles. The third-order valence-corrected chi connectivity index (χ3v) is 9.50. The summed E-state index contributed by atoms with van der Waals surface area (Å²) in [5, 5.41) is 3.58. The number of nitrogens with one attached hydrogen (secondary N) is 1. The highest BCUT2D eigenvalue weighted by atomic mass is 32.2. The van der Waals surface area contributed by atoms with Crippen LogP contribution < -0.4 is 5.32 Å². The Balaban J connectivity index is 1.59. The third kappa shape index (κ3) is 5.02. The van der Waals surface area contributed by atoms with Crippen molar-refractivity contribution in [2.45, 2.75) is 87.7 Å². The van der Waals surface area contributed by atoms with Crippen LogP contribution in [0.3, 0.4) is 0 Å². The number of hydrogen-bond donors (Lipinski definition) is 1. The zero-order valence-electron chi connectivity index (χ0n) is 23.2. The number of rotatable bonds is 5. The van der Waals surface area contributed by atoms with E-state index in [4.69, 9.17) is 4.74 Å². The topological polar surface area (TPSA) is 106 Å². The Bertz CT molecular complexity index is 1520. The lowest BCUT2D eigenvalue weighted by molar-refractivity contribution is -0.0496. The van der Waals surface area contributed by atoms with Crippen LogP contribution in [0.4, 0.5) is 19.4 Å². The fourth-order valence-electron chi connectivity index (χ4n) is 5.69. The van der Waals surface area contributed by atoms with Gasteiger partial charge in [-0.2, -0.15) is 0 Å². The van der Waals surface area contributed by atoms with Crippen molar-refractivity contribution in [2.75, 3.05) is 18.4 Å². The summed E-state index contributed by atoms with van der Waals surface area (Å²) in [6, 6.07) is 7.58. The monoisotopic (exact) mass is 575 g/mol. The van der Waals surface area contributed by atoms with Gasteiger partial charge in [0, 0.05) is 31.7 Å². The minimum atomic E-state index is -4.14. The molecule has 0 bridgehead atoms. The Labute approximate surface area is 233 Å². The first-order chi connectivity index (χ1) is 18.7. The van der Waals surface area contributed by atoms with Gasteiger partial charge in [0.15, 0.2) is 5.65 Å². The van der Waals surface area contributed by atoms with Crippen molar-refractivity contribution in [3.63, 3.8) is 0 Å².